The summed E-state index contributed by atoms with van der Waals surface area (Å²) in [4.78, 5) is 28.2. The second-order valence-corrected chi connectivity index (χ2v) is 12.6. The second-order valence-electron chi connectivity index (χ2n) is 11.7. The van der Waals surface area contributed by atoms with Crippen molar-refractivity contribution in [1.29, 1.82) is 0 Å². The van der Waals surface area contributed by atoms with E-state index >= 15 is 0 Å². The molecular weight excluding hydrogens is 587 g/mol. The predicted octanol–water partition coefficient (Wildman–Crippen LogP) is 4.52. The number of nitrogens with zero attached hydrogens (tertiary/aromatic N) is 3. The van der Waals surface area contributed by atoms with Gasteiger partial charge in [0.25, 0.3) is 5.91 Å². The zero-order valence-corrected chi connectivity index (χ0v) is 25.9. The first-order valence-electron chi connectivity index (χ1n) is 14.3. The molecule has 4 N–H and O–H groups in total. The van der Waals surface area contributed by atoms with E-state index in [1.807, 2.05) is 11.0 Å². The van der Waals surface area contributed by atoms with E-state index in [4.69, 9.17) is 38.8 Å². The average Bonchev–Trinajstić information content (AvgIpc) is 3.28. The van der Waals surface area contributed by atoms with Crippen molar-refractivity contribution in [2.45, 2.75) is 38.6 Å². The molecule has 9 nitrogen and oxygen atoms in total. The Bertz CT molecular complexity index is 1690. The number of rotatable bonds is 5. The number of amides is 2. The Morgan fingerprint density at radius 2 is 1.84 bits per heavy atom. The number of aromatic nitrogens is 2. The number of primary amides is 1. The van der Waals surface area contributed by atoms with E-state index in [1.54, 1.807) is 42.3 Å². The Labute approximate surface area is 260 Å². The van der Waals surface area contributed by atoms with Crippen molar-refractivity contribution in [3.8, 4) is 22.7 Å². The molecule has 0 radical (unpaired) electrons. The van der Waals surface area contributed by atoms with Crippen molar-refractivity contribution in [3.63, 3.8) is 0 Å². The minimum Gasteiger partial charge on any atom is -0.496 e. The van der Waals surface area contributed by atoms with E-state index < -0.39 is 5.91 Å². The van der Waals surface area contributed by atoms with Gasteiger partial charge >= 0.3 is 0 Å². The molecule has 2 amide bonds. The van der Waals surface area contributed by atoms with Crippen molar-refractivity contribution >= 4 is 40.6 Å². The van der Waals surface area contributed by atoms with Gasteiger partial charge in [0.2, 0.25) is 5.91 Å². The zero-order chi connectivity index (χ0) is 30.5. The largest absolute Gasteiger partial charge is 0.496 e. The standard InChI is InChI=1S/C32H34Cl2N6O3/c1-32(2)17-36-7-4-8-39(32)31(42)28-24-6-5-18-10-27(43-3)25(19-9-20(30(35)41)16-37-15-19)14-26(18)29(24)40(38-28)23-12-21(33)11-22(34)13-23/h9-14,16,36-37H,4-8,15,17H2,1-3H3,(H2,35,41). The van der Waals surface area contributed by atoms with Crippen LogP contribution in [0.3, 0.4) is 0 Å². The molecule has 2 aromatic carbocycles. The summed E-state index contributed by atoms with van der Waals surface area (Å²) < 4.78 is 7.62. The van der Waals surface area contributed by atoms with Gasteiger partial charge in [-0.3, -0.25) is 9.59 Å². The zero-order valence-electron chi connectivity index (χ0n) is 24.4. The minimum absolute atomic E-state index is 0.0931. The first kappa shape index (κ1) is 29.3. The van der Waals surface area contributed by atoms with E-state index in [0.29, 0.717) is 65.2 Å². The molecule has 0 unspecified atom stereocenters. The minimum atomic E-state index is -0.519. The smallest absolute Gasteiger partial charge is 0.275 e. The van der Waals surface area contributed by atoms with Crippen molar-refractivity contribution in [2.75, 3.05) is 33.3 Å². The fourth-order valence-electron chi connectivity index (χ4n) is 6.24. The molecule has 1 fully saturated rings. The van der Waals surface area contributed by atoms with E-state index in [-0.39, 0.29) is 11.4 Å². The van der Waals surface area contributed by atoms with E-state index in [2.05, 4.69) is 30.5 Å². The third-order valence-corrected chi connectivity index (χ3v) is 8.82. The number of carbonyl (C=O) groups is 2. The Kier molecular flexibility index (Phi) is 7.75. The van der Waals surface area contributed by atoms with Crippen LogP contribution >= 0.6 is 23.2 Å². The summed E-state index contributed by atoms with van der Waals surface area (Å²) >= 11 is 12.9. The van der Waals surface area contributed by atoms with E-state index in [0.717, 1.165) is 46.5 Å². The Morgan fingerprint density at radius 3 is 2.56 bits per heavy atom. The number of ether oxygens (including phenoxy) is 1. The molecule has 0 saturated carbocycles. The monoisotopic (exact) mass is 620 g/mol. The van der Waals surface area contributed by atoms with Crippen molar-refractivity contribution in [3.05, 3.63) is 80.6 Å². The van der Waals surface area contributed by atoms with Gasteiger partial charge in [-0.25, -0.2) is 4.68 Å². The van der Waals surface area contributed by atoms with Gasteiger partial charge in [0.1, 0.15) is 5.75 Å². The van der Waals surface area contributed by atoms with Crippen LogP contribution in [0, 0.1) is 0 Å². The summed E-state index contributed by atoms with van der Waals surface area (Å²) in [5, 5.41) is 12.5. The molecule has 3 heterocycles. The Hall–Kier alpha value is -3.79. The van der Waals surface area contributed by atoms with Crippen LogP contribution in [0.5, 0.6) is 5.75 Å². The molecular formula is C32H34Cl2N6O3. The normalized spacial score (nSPS) is 17.6. The first-order chi connectivity index (χ1) is 20.6. The van der Waals surface area contributed by atoms with Crippen LogP contribution in [0.25, 0.3) is 22.5 Å². The second kappa shape index (κ2) is 11.4. The number of hydrogen-bond acceptors (Lipinski definition) is 6. The van der Waals surface area contributed by atoms with Crippen LogP contribution in [0.1, 0.15) is 47.4 Å². The van der Waals surface area contributed by atoms with Gasteiger partial charge in [-0.15, -0.1) is 0 Å². The lowest BCUT2D eigenvalue weighted by Crippen LogP contribution is -2.51. The van der Waals surface area contributed by atoms with Crippen LogP contribution < -0.4 is 21.1 Å². The van der Waals surface area contributed by atoms with Crippen LogP contribution in [-0.2, 0) is 17.6 Å². The molecule has 43 heavy (non-hydrogen) atoms. The van der Waals surface area contributed by atoms with Gasteiger partial charge in [-0.1, -0.05) is 23.2 Å². The van der Waals surface area contributed by atoms with Gasteiger partial charge in [0, 0.05) is 52.6 Å². The fraction of sp³-hybridized carbons (Fsp3) is 0.344. The van der Waals surface area contributed by atoms with Crippen molar-refractivity contribution in [2.24, 2.45) is 5.73 Å². The van der Waals surface area contributed by atoms with Crippen molar-refractivity contribution in [1.82, 2.24) is 25.3 Å². The number of methoxy groups -OCH3 is 1. The number of aryl methyl sites for hydroxylation is 1. The quantitative estimate of drug-likeness (QED) is 0.386. The van der Waals surface area contributed by atoms with Gasteiger partial charge < -0.3 is 26.0 Å². The molecule has 224 valence electrons. The molecule has 0 bridgehead atoms. The summed E-state index contributed by atoms with van der Waals surface area (Å²) in [5.74, 6) is 0.0759. The molecule has 3 aliphatic rings. The van der Waals surface area contributed by atoms with Gasteiger partial charge in [0.05, 0.1) is 29.6 Å². The number of fused-ring (bicyclic) bond motifs is 3. The number of nitrogens with two attached hydrogens (primary N) is 1. The summed E-state index contributed by atoms with van der Waals surface area (Å²) in [6, 6.07) is 9.35. The van der Waals surface area contributed by atoms with Crippen LogP contribution in [0.4, 0.5) is 0 Å². The summed E-state index contributed by atoms with van der Waals surface area (Å²) in [5.41, 5.74) is 12.0. The van der Waals surface area contributed by atoms with E-state index in [1.165, 1.54) is 0 Å². The van der Waals surface area contributed by atoms with Gasteiger partial charge in [-0.05, 0) is 87.2 Å². The fourth-order valence-corrected chi connectivity index (χ4v) is 6.75. The molecule has 1 aromatic heterocycles. The highest BCUT2D eigenvalue weighted by Gasteiger charge is 2.37. The molecule has 11 heteroatoms. The molecule has 6 rings (SSSR count). The molecule has 2 aliphatic heterocycles. The third kappa shape index (κ3) is 5.41. The molecule has 1 saturated heterocycles. The topological polar surface area (TPSA) is 115 Å². The maximum absolute atomic E-state index is 14.3. The predicted molar refractivity (Wildman–Crippen MR) is 169 cm³/mol. The lowest BCUT2D eigenvalue weighted by atomic mass is 9.85. The number of carbonyl (C=O) groups excluding carboxylic acids is 2. The number of benzene rings is 2. The molecule has 3 aromatic rings. The number of hydrogen-bond donors (Lipinski definition) is 3. The number of halogens is 2. The SMILES string of the molecule is COc1cc2c(cc1C1=CC(C(N)=O)=CNC1)-c1c(c(C(=O)N3CCCNCC3(C)C)nn1-c1cc(Cl)cc(Cl)c1)CC2. The average molecular weight is 622 g/mol. The third-order valence-electron chi connectivity index (χ3n) is 8.38. The molecule has 0 atom stereocenters. The highest BCUT2D eigenvalue weighted by Crippen LogP contribution is 2.43. The van der Waals surface area contributed by atoms with Crippen molar-refractivity contribution < 1.29 is 14.3 Å². The van der Waals surface area contributed by atoms with Crippen LogP contribution in [0.2, 0.25) is 10.0 Å². The summed E-state index contributed by atoms with van der Waals surface area (Å²) in [7, 11) is 1.63. The molecule has 0 spiro atoms. The highest BCUT2D eigenvalue weighted by molar-refractivity contribution is 6.34. The lowest BCUT2D eigenvalue weighted by molar-refractivity contribution is -0.114. The highest BCUT2D eigenvalue weighted by atomic mass is 35.5. The molecule has 1 aliphatic carbocycles. The maximum Gasteiger partial charge on any atom is 0.275 e. The van der Waals surface area contributed by atoms with Crippen LogP contribution in [-0.4, -0.2) is 65.3 Å². The lowest BCUT2D eigenvalue weighted by Gasteiger charge is -2.36. The first-order valence-corrected chi connectivity index (χ1v) is 15.1. The number of dihydropyridines is 1. The van der Waals surface area contributed by atoms with Crippen LogP contribution in [0.15, 0.2) is 48.2 Å². The maximum atomic E-state index is 14.3. The van der Waals surface area contributed by atoms with Gasteiger partial charge in [0.15, 0.2) is 5.69 Å². The summed E-state index contributed by atoms with van der Waals surface area (Å²) in [6.45, 7) is 6.84. The number of nitrogens with one attached hydrogen (secondary N) is 2. The van der Waals surface area contributed by atoms with Gasteiger partial charge in [-0.2, -0.15) is 5.10 Å². The Balaban J connectivity index is 1.57. The summed E-state index contributed by atoms with van der Waals surface area (Å²) in [6.07, 6.45) is 5.59. The van der Waals surface area contributed by atoms with E-state index in [9.17, 15) is 9.59 Å². The Morgan fingerprint density at radius 1 is 1.07 bits per heavy atom.